The van der Waals surface area contributed by atoms with E-state index in [1.165, 1.54) is 18.2 Å². The monoisotopic (exact) mass is 256 g/mol. The maximum atomic E-state index is 12.9. The molecule has 0 fully saturated rings. The summed E-state index contributed by atoms with van der Waals surface area (Å²) in [6.07, 6.45) is 0. The van der Waals surface area contributed by atoms with Crippen molar-refractivity contribution in [3.63, 3.8) is 0 Å². The molecule has 16 heavy (non-hydrogen) atoms. The van der Waals surface area contributed by atoms with Crippen LogP contribution < -0.4 is 0 Å². The summed E-state index contributed by atoms with van der Waals surface area (Å²) in [7, 11) is 0. The minimum Gasteiger partial charge on any atom is -0.216 e. The molecule has 1 heterocycles. The first kappa shape index (κ1) is 11.3. The molecule has 82 valence electrons. The minimum absolute atomic E-state index is 0.263. The number of halogens is 3. The molecule has 0 saturated heterocycles. The van der Waals surface area contributed by atoms with Gasteiger partial charge >= 0.3 is 0 Å². The zero-order valence-electron chi connectivity index (χ0n) is 8.34. The van der Waals surface area contributed by atoms with Crippen molar-refractivity contribution in [2.24, 2.45) is 0 Å². The van der Waals surface area contributed by atoms with E-state index in [2.05, 4.69) is 9.97 Å². The Morgan fingerprint density at radius 2 is 1.69 bits per heavy atom. The van der Waals surface area contributed by atoms with Gasteiger partial charge < -0.3 is 0 Å². The van der Waals surface area contributed by atoms with E-state index in [9.17, 15) is 4.39 Å². The second-order valence-corrected chi connectivity index (χ2v) is 4.07. The quantitative estimate of drug-likeness (QED) is 0.724. The van der Waals surface area contributed by atoms with E-state index in [1.807, 2.05) is 0 Å². The Labute approximate surface area is 102 Å². The summed E-state index contributed by atoms with van der Waals surface area (Å²) in [5, 5.41) is 0.525. The van der Waals surface area contributed by atoms with Gasteiger partial charge in [-0.25, -0.2) is 14.4 Å². The topological polar surface area (TPSA) is 25.8 Å². The van der Waals surface area contributed by atoms with Gasteiger partial charge in [0.2, 0.25) is 0 Å². The fourth-order valence-electron chi connectivity index (χ4n) is 1.39. The fraction of sp³-hybridized carbons (Fsp3) is 0.0909. The third-order valence-electron chi connectivity index (χ3n) is 2.09. The van der Waals surface area contributed by atoms with Crippen molar-refractivity contribution >= 4 is 23.2 Å². The molecule has 0 unspecified atom stereocenters. The summed E-state index contributed by atoms with van der Waals surface area (Å²) >= 11 is 11.5. The zero-order chi connectivity index (χ0) is 11.7. The smallest absolute Gasteiger partial charge is 0.162 e. The van der Waals surface area contributed by atoms with Gasteiger partial charge in [-0.05, 0) is 30.7 Å². The number of aromatic nitrogens is 2. The van der Waals surface area contributed by atoms with Gasteiger partial charge in [-0.15, -0.1) is 0 Å². The van der Waals surface area contributed by atoms with Crippen molar-refractivity contribution in [2.45, 2.75) is 6.92 Å². The van der Waals surface area contributed by atoms with Crippen LogP contribution >= 0.6 is 23.2 Å². The number of rotatable bonds is 1. The highest BCUT2D eigenvalue weighted by Crippen LogP contribution is 2.23. The van der Waals surface area contributed by atoms with Crippen LogP contribution in [0.1, 0.15) is 5.56 Å². The SMILES string of the molecule is Cc1cc(F)ccc1-c1nc(Cl)cc(Cl)n1. The minimum atomic E-state index is -0.297. The van der Waals surface area contributed by atoms with Crippen LogP contribution in [-0.2, 0) is 0 Å². The number of hydrogen-bond acceptors (Lipinski definition) is 2. The summed E-state index contributed by atoms with van der Waals surface area (Å²) in [5.41, 5.74) is 1.45. The third-order valence-corrected chi connectivity index (χ3v) is 2.48. The standard InChI is InChI=1S/C11H7Cl2FN2/c1-6-4-7(14)2-3-8(6)11-15-9(12)5-10(13)16-11/h2-5H,1H3. The Kier molecular flexibility index (Phi) is 3.08. The Bertz CT molecular complexity index is 523. The lowest BCUT2D eigenvalue weighted by molar-refractivity contribution is 0.627. The van der Waals surface area contributed by atoms with Crippen molar-refractivity contribution < 1.29 is 4.39 Å². The van der Waals surface area contributed by atoms with Gasteiger partial charge in [0, 0.05) is 11.6 Å². The van der Waals surface area contributed by atoms with Crippen molar-refractivity contribution in [1.29, 1.82) is 0 Å². The number of benzene rings is 1. The first-order valence-corrected chi connectivity index (χ1v) is 5.28. The van der Waals surface area contributed by atoms with Gasteiger partial charge in [0.25, 0.3) is 0 Å². The molecule has 0 saturated carbocycles. The Hall–Kier alpha value is -1.19. The van der Waals surface area contributed by atoms with E-state index < -0.39 is 0 Å². The average molecular weight is 257 g/mol. The molecule has 5 heteroatoms. The van der Waals surface area contributed by atoms with Gasteiger partial charge in [-0.1, -0.05) is 23.2 Å². The van der Waals surface area contributed by atoms with E-state index >= 15 is 0 Å². The second kappa shape index (κ2) is 4.36. The molecule has 0 aliphatic rings. The number of hydrogen-bond donors (Lipinski definition) is 0. The van der Waals surface area contributed by atoms with Crippen LogP contribution in [0, 0.1) is 12.7 Å². The van der Waals surface area contributed by atoms with E-state index in [4.69, 9.17) is 23.2 Å². The highest BCUT2D eigenvalue weighted by molar-refractivity contribution is 6.33. The van der Waals surface area contributed by atoms with Crippen molar-refractivity contribution in [2.75, 3.05) is 0 Å². The molecular formula is C11H7Cl2FN2. The lowest BCUT2D eigenvalue weighted by atomic mass is 10.1. The van der Waals surface area contributed by atoms with Crippen LogP contribution in [-0.4, -0.2) is 9.97 Å². The van der Waals surface area contributed by atoms with E-state index in [0.717, 1.165) is 5.56 Å². The first-order valence-electron chi connectivity index (χ1n) is 4.53. The molecule has 0 radical (unpaired) electrons. The van der Waals surface area contributed by atoms with Crippen molar-refractivity contribution in [1.82, 2.24) is 9.97 Å². The fourth-order valence-corrected chi connectivity index (χ4v) is 1.81. The maximum absolute atomic E-state index is 12.9. The molecule has 0 atom stereocenters. The Morgan fingerprint density at radius 1 is 1.06 bits per heavy atom. The molecule has 0 N–H and O–H groups in total. The summed E-state index contributed by atoms with van der Waals surface area (Å²) in [5.74, 6) is 0.101. The molecule has 2 nitrogen and oxygen atoms in total. The Morgan fingerprint density at radius 3 is 2.25 bits per heavy atom. The summed E-state index contributed by atoms with van der Waals surface area (Å²) in [6.45, 7) is 1.77. The predicted octanol–water partition coefficient (Wildman–Crippen LogP) is 3.90. The normalized spacial score (nSPS) is 10.5. The highest BCUT2D eigenvalue weighted by atomic mass is 35.5. The lowest BCUT2D eigenvalue weighted by Gasteiger charge is -2.05. The van der Waals surface area contributed by atoms with Gasteiger partial charge in [0.1, 0.15) is 16.1 Å². The lowest BCUT2D eigenvalue weighted by Crippen LogP contribution is -1.93. The van der Waals surface area contributed by atoms with Crippen molar-refractivity contribution in [3.05, 3.63) is 46.0 Å². The molecule has 2 aromatic rings. The summed E-state index contributed by atoms with van der Waals surface area (Å²) in [6, 6.07) is 5.81. The number of nitrogens with zero attached hydrogens (tertiary/aromatic N) is 2. The molecule has 0 aliphatic carbocycles. The van der Waals surface area contributed by atoms with Crippen LogP contribution in [0.2, 0.25) is 10.3 Å². The van der Waals surface area contributed by atoms with Gasteiger partial charge in [-0.3, -0.25) is 0 Å². The largest absolute Gasteiger partial charge is 0.216 e. The van der Waals surface area contributed by atoms with Crippen LogP contribution in [0.5, 0.6) is 0 Å². The van der Waals surface area contributed by atoms with Gasteiger partial charge in [0.15, 0.2) is 5.82 Å². The van der Waals surface area contributed by atoms with Crippen molar-refractivity contribution in [3.8, 4) is 11.4 Å². The zero-order valence-corrected chi connectivity index (χ0v) is 9.85. The molecule has 2 rings (SSSR count). The molecule has 0 amide bonds. The third kappa shape index (κ3) is 2.31. The van der Waals surface area contributed by atoms with Crippen LogP contribution in [0.4, 0.5) is 4.39 Å². The molecular weight excluding hydrogens is 250 g/mol. The van der Waals surface area contributed by atoms with E-state index in [-0.39, 0.29) is 16.1 Å². The van der Waals surface area contributed by atoms with Crippen LogP contribution in [0.3, 0.4) is 0 Å². The number of aryl methyl sites for hydroxylation is 1. The van der Waals surface area contributed by atoms with E-state index in [1.54, 1.807) is 13.0 Å². The highest BCUT2D eigenvalue weighted by Gasteiger charge is 2.08. The summed E-state index contributed by atoms with van der Waals surface area (Å²) < 4.78 is 12.9. The van der Waals surface area contributed by atoms with E-state index in [0.29, 0.717) is 11.4 Å². The molecule has 0 spiro atoms. The molecule has 0 aliphatic heterocycles. The Balaban J connectivity index is 2.58. The first-order chi connectivity index (χ1) is 7.56. The van der Waals surface area contributed by atoms with Gasteiger partial charge in [-0.2, -0.15) is 0 Å². The second-order valence-electron chi connectivity index (χ2n) is 3.30. The molecule has 1 aromatic heterocycles. The maximum Gasteiger partial charge on any atom is 0.162 e. The van der Waals surface area contributed by atoms with Crippen LogP contribution in [0.15, 0.2) is 24.3 Å². The predicted molar refractivity (Wildman–Crippen MR) is 62.2 cm³/mol. The summed E-state index contributed by atoms with van der Waals surface area (Å²) in [4.78, 5) is 8.08. The van der Waals surface area contributed by atoms with Gasteiger partial charge in [0.05, 0.1) is 0 Å². The van der Waals surface area contributed by atoms with Crippen LogP contribution in [0.25, 0.3) is 11.4 Å². The average Bonchev–Trinajstić information content (AvgIpc) is 2.15. The molecule has 1 aromatic carbocycles. The molecule has 0 bridgehead atoms.